The van der Waals surface area contributed by atoms with Gasteiger partial charge in [-0.3, -0.25) is 0 Å². The molecule has 0 saturated heterocycles. The van der Waals surface area contributed by atoms with Crippen LogP contribution in [0.3, 0.4) is 0 Å². The molecule has 0 saturated carbocycles. The van der Waals surface area contributed by atoms with Crippen LogP contribution in [-0.4, -0.2) is 12.9 Å². The first-order valence-electron chi connectivity index (χ1n) is 4.93. The highest BCUT2D eigenvalue weighted by molar-refractivity contribution is 5.56. The van der Waals surface area contributed by atoms with Crippen molar-refractivity contribution in [2.24, 2.45) is 5.73 Å². The van der Waals surface area contributed by atoms with Crippen molar-refractivity contribution in [3.8, 4) is 5.75 Å². The van der Waals surface area contributed by atoms with E-state index in [-0.39, 0.29) is 0 Å². The molecular weight excluding hydrogens is 193 g/mol. The fourth-order valence-corrected chi connectivity index (χ4v) is 1.35. The van der Waals surface area contributed by atoms with Gasteiger partial charge in [0.25, 0.3) is 0 Å². The van der Waals surface area contributed by atoms with E-state index in [9.17, 15) is 4.39 Å². The van der Waals surface area contributed by atoms with Gasteiger partial charge in [-0.1, -0.05) is 24.8 Å². The lowest BCUT2D eigenvalue weighted by Crippen LogP contribution is -2.07. The molecular formula is C12H16FNO. The predicted octanol–water partition coefficient (Wildman–Crippen LogP) is 2.53. The lowest BCUT2D eigenvalue weighted by atomic mass is 10.1. The van der Waals surface area contributed by atoms with Gasteiger partial charge in [0.1, 0.15) is 5.75 Å². The smallest absolute Gasteiger partial charge is 0.235 e. The Labute approximate surface area is 89.6 Å². The molecule has 82 valence electrons. The molecule has 0 aliphatic carbocycles. The van der Waals surface area contributed by atoms with Crippen LogP contribution in [0.25, 0.3) is 6.08 Å². The lowest BCUT2D eigenvalue weighted by molar-refractivity contribution is 0.0857. The minimum atomic E-state index is -1.32. The summed E-state index contributed by atoms with van der Waals surface area (Å²) in [4.78, 5) is 0. The molecule has 1 aromatic rings. The van der Waals surface area contributed by atoms with Gasteiger partial charge in [-0.2, -0.15) is 0 Å². The van der Waals surface area contributed by atoms with Crippen LogP contribution in [0.5, 0.6) is 5.75 Å². The molecule has 1 atom stereocenters. The second kappa shape index (κ2) is 5.51. The van der Waals surface area contributed by atoms with Crippen LogP contribution in [-0.2, 0) is 6.42 Å². The summed E-state index contributed by atoms with van der Waals surface area (Å²) in [7, 11) is 0. The third-order valence-corrected chi connectivity index (χ3v) is 2.02. The Kier molecular flexibility index (Phi) is 4.31. The molecule has 0 spiro atoms. The number of alkyl halides is 1. The SMILES string of the molecule is C=Cc1ccc(CCN)cc1OC(C)F. The minimum absolute atomic E-state index is 0.519. The maximum absolute atomic E-state index is 12.7. The highest BCUT2D eigenvalue weighted by atomic mass is 19.1. The van der Waals surface area contributed by atoms with Crippen molar-refractivity contribution in [3.05, 3.63) is 35.9 Å². The Morgan fingerprint density at radius 1 is 1.60 bits per heavy atom. The van der Waals surface area contributed by atoms with Crippen LogP contribution >= 0.6 is 0 Å². The Morgan fingerprint density at radius 3 is 2.87 bits per heavy atom. The fourth-order valence-electron chi connectivity index (χ4n) is 1.35. The van der Waals surface area contributed by atoms with Crippen LogP contribution in [0.4, 0.5) is 4.39 Å². The molecule has 1 rings (SSSR count). The number of ether oxygens (including phenoxy) is 1. The van der Waals surface area contributed by atoms with Crippen molar-refractivity contribution in [3.63, 3.8) is 0 Å². The summed E-state index contributed by atoms with van der Waals surface area (Å²) in [6.45, 7) is 5.56. The lowest BCUT2D eigenvalue weighted by Gasteiger charge is -2.11. The molecule has 3 heteroatoms. The van der Waals surface area contributed by atoms with Gasteiger partial charge >= 0.3 is 0 Å². The number of nitrogens with two attached hydrogens (primary N) is 1. The van der Waals surface area contributed by atoms with Crippen molar-refractivity contribution in [1.82, 2.24) is 0 Å². The van der Waals surface area contributed by atoms with Crippen molar-refractivity contribution in [1.29, 1.82) is 0 Å². The van der Waals surface area contributed by atoms with Crippen LogP contribution in [0, 0.1) is 0 Å². The molecule has 0 radical (unpaired) electrons. The molecule has 0 fully saturated rings. The van der Waals surface area contributed by atoms with E-state index in [1.165, 1.54) is 6.92 Å². The first-order valence-corrected chi connectivity index (χ1v) is 4.93. The predicted molar refractivity (Wildman–Crippen MR) is 60.5 cm³/mol. The van der Waals surface area contributed by atoms with E-state index in [1.807, 2.05) is 12.1 Å². The van der Waals surface area contributed by atoms with Crippen LogP contribution in [0.15, 0.2) is 24.8 Å². The fraction of sp³-hybridized carbons (Fsp3) is 0.333. The zero-order chi connectivity index (χ0) is 11.3. The summed E-state index contributed by atoms with van der Waals surface area (Å²) in [5.41, 5.74) is 7.28. The quantitative estimate of drug-likeness (QED) is 0.808. The average molecular weight is 209 g/mol. The van der Waals surface area contributed by atoms with Crippen molar-refractivity contribution < 1.29 is 9.13 Å². The Hall–Kier alpha value is -1.35. The summed E-state index contributed by atoms with van der Waals surface area (Å²) in [5, 5.41) is 0. The number of rotatable bonds is 5. The molecule has 0 aliphatic heterocycles. The van der Waals surface area contributed by atoms with Gasteiger partial charge in [0, 0.05) is 12.5 Å². The Bertz CT molecular complexity index is 336. The standard InChI is InChI=1S/C12H16FNO/c1-3-11-5-4-10(6-7-14)8-12(11)15-9(2)13/h3-5,8-9H,1,6-7,14H2,2H3. The largest absolute Gasteiger partial charge is 0.460 e. The Morgan fingerprint density at radius 2 is 2.33 bits per heavy atom. The molecule has 1 aromatic carbocycles. The van der Waals surface area contributed by atoms with E-state index in [4.69, 9.17) is 10.5 Å². The molecule has 0 aromatic heterocycles. The van der Waals surface area contributed by atoms with Gasteiger partial charge in [0.2, 0.25) is 6.36 Å². The molecule has 0 amide bonds. The van der Waals surface area contributed by atoms with Gasteiger partial charge in [-0.05, 0) is 24.6 Å². The third kappa shape index (κ3) is 3.36. The second-order valence-corrected chi connectivity index (χ2v) is 3.28. The second-order valence-electron chi connectivity index (χ2n) is 3.28. The normalized spacial score (nSPS) is 12.2. The van der Waals surface area contributed by atoms with Gasteiger partial charge in [0.05, 0.1) is 0 Å². The number of hydrogen-bond acceptors (Lipinski definition) is 2. The van der Waals surface area contributed by atoms with Crippen LogP contribution < -0.4 is 10.5 Å². The van der Waals surface area contributed by atoms with Crippen LogP contribution in [0.1, 0.15) is 18.1 Å². The summed E-state index contributed by atoms with van der Waals surface area (Å²) in [6.07, 6.45) is 1.08. The van der Waals surface area contributed by atoms with E-state index in [0.29, 0.717) is 12.3 Å². The van der Waals surface area contributed by atoms with E-state index in [2.05, 4.69) is 6.58 Å². The number of halogens is 1. The molecule has 2 nitrogen and oxygen atoms in total. The van der Waals surface area contributed by atoms with Crippen molar-refractivity contribution in [2.75, 3.05) is 6.54 Å². The van der Waals surface area contributed by atoms with E-state index >= 15 is 0 Å². The summed E-state index contributed by atoms with van der Waals surface area (Å²) in [6, 6.07) is 5.61. The zero-order valence-corrected chi connectivity index (χ0v) is 8.87. The van der Waals surface area contributed by atoms with Gasteiger partial charge in [0.15, 0.2) is 0 Å². The topological polar surface area (TPSA) is 35.2 Å². The molecule has 0 heterocycles. The van der Waals surface area contributed by atoms with Gasteiger partial charge in [-0.15, -0.1) is 0 Å². The summed E-state index contributed by atoms with van der Waals surface area (Å²) in [5.74, 6) is 0.519. The first-order chi connectivity index (χ1) is 7.17. The van der Waals surface area contributed by atoms with Crippen LogP contribution in [0.2, 0.25) is 0 Å². The highest BCUT2D eigenvalue weighted by Gasteiger charge is 2.06. The van der Waals surface area contributed by atoms with E-state index in [1.54, 1.807) is 12.1 Å². The summed E-state index contributed by atoms with van der Waals surface area (Å²) < 4.78 is 17.8. The maximum Gasteiger partial charge on any atom is 0.235 e. The number of benzene rings is 1. The van der Waals surface area contributed by atoms with Crippen molar-refractivity contribution in [2.45, 2.75) is 19.7 Å². The van der Waals surface area contributed by atoms with E-state index in [0.717, 1.165) is 17.5 Å². The average Bonchev–Trinajstić information content (AvgIpc) is 2.18. The Balaban J connectivity index is 2.96. The van der Waals surface area contributed by atoms with Crippen molar-refractivity contribution >= 4 is 6.08 Å². The number of hydrogen-bond donors (Lipinski definition) is 1. The molecule has 2 N–H and O–H groups in total. The zero-order valence-electron chi connectivity index (χ0n) is 8.87. The van der Waals surface area contributed by atoms with E-state index < -0.39 is 6.36 Å². The molecule has 1 unspecified atom stereocenters. The molecule has 0 aliphatic rings. The van der Waals surface area contributed by atoms with Gasteiger partial charge in [-0.25, -0.2) is 4.39 Å². The minimum Gasteiger partial charge on any atom is -0.460 e. The van der Waals surface area contributed by atoms with Gasteiger partial charge < -0.3 is 10.5 Å². The molecule has 15 heavy (non-hydrogen) atoms. The summed E-state index contributed by atoms with van der Waals surface area (Å²) >= 11 is 0. The monoisotopic (exact) mass is 209 g/mol. The first kappa shape index (κ1) is 11.7. The highest BCUT2D eigenvalue weighted by Crippen LogP contribution is 2.23. The maximum atomic E-state index is 12.7. The molecule has 0 bridgehead atoms. The third-order valence-electron chi connectivity index (χ3n) is 2.02.